The standard InChI is InChI=1S/C14H18N2O/c1-12-4-3-7-16(9-12)10-13-5-2-6-14(8-13)15-11-17/h2,5-6,8,12H,3-4,7,9-10H2,1H3. The number of likely N-dealkylation sites (tertiary alicyclic amines) is 1. The molecule has 2 rings (SSSR count). The monoisotopic (exact) mass is 230 g/mol. The molecule has 0 N–H and O–H groups in total. The lowest BCUT2D eigenvalue weighted by molar-refractivity contribution is 0.176. The van der Waals surface area contributed by atoms with Crippen molar-refractivity contribution in [3.63, 3.8) is 0 Å². The van der Waals surface area contributed by atoms with Crippen LogP contribution in [-0.4, -0.2) is 24.1 Å². The summed E-state index contributed by atoms with van der Waals surface area (Å²) >= 11 is 0. The fourth-order valence-corrected chi connectivity index (χ4v) is 2.47. The molecule has 0 spiro atoms. The van der Waals surface area contributed by atoms with Crippen LogP contribution in [0.1, 0.15) is 25.3 Å². The molecule has 0 bridgehead atoms. The average molecular weight is 230 g/mol. The quantitative estimate of drug-likeness (QED) is 0.591. The number of benzene rings is 1. The van der Waals surface area contributed by atoms with E-state index in [1.54, 1.807) is 6.08 Å². The number of nitrogens with zero attached hydrogens (tertiary/aromatic N) is 2. The molecule has 1 heterocycles. The summed E-state index contributed by atoms with van der Waals surface area (Å²) in [6.07, 6.45) is 4.21. The van der Waals surface area contributed by atoms with Gasteiger partial charge in [0.2, 0.25) is 6.08 Å². The minimum Gasteiger partial charge on any atom is -0.299 e. The lowest BCUT2D eigenvalue weighted by atomic mass is 10.00. The summed E-state index contributed by atoms with van der Waals surface area (Å²) in [6.45, 7) is 5.60. The maximum atomic E-state index is 10.2. The van der Waals surface area contributed by atoms with Crippen LogP contribution in [0.15, 0.2) is 29.3 Å². The topological polar surface area (TPSA) is 32.7 Å². The first-order valence-electron chi connectivity index (χ1n) is 6.17. The maximum absolute atomic E-state index is 10.2. The summed E-state index contributed by atoms with van der Waals surface area (Å²) in [5.41, 5.74) is 1.91. The molecule has 1 aliphatic rings. The number of aliphatic imine (C=N–C) groups is 1. The zero-order valence-electron chi connectivity index (χ0n) is 10.2. The van der Waals surface area contributed by atoms with Gasteiger partial charge in [-0.3, -0.25) is 4.90 Å². The van der Waals surface area contributed by atoms with E-state index in [2.05, 4.69) is 22.9 Å². The number of piperidine rings is 1. The number of hydrogen-bond donors (Lipinski definition) is 0. The van der Waals surface area contributed by atoms with Gasteiger partial charge >= 0.3 is 0 Å². The van der Waals surface area contributed by atoms with Gasteiger partial charge in [0, 0.05) is 13.1 Å². The van der Waals surface area contributed by atoms with E-state index in [-0.39, 0.29) is 0 Å². The predicted octanol–water partition coefficient (Wildman–Crippen LogP) is 2.89. The first-order chi connectivity index (χ1) is 8.28. The van der Waals surface area contributed by atoms with Gasteiger partial charge in [-0.1, -0.05) is 19.1 Å². The summed E-state index contributed by atoms with van der Waals surface area (Å²) in [7, 11) is 0. The van der Waals surface area contributed by atoms with Crippen LogP contribution in [0.2, 0.25) is 0 Å². The molecular formula is C14H18N2O. The predicted molar refractivity (Wildman–Crippen MR) is 67.9 cm³/mol. The van der Waals surface area contributed by atoms with Crippen molar-refractivity contribution in [2.75, 3.05) is 13.1 Å². The van der Waals surface area contributed by atoms with Crippen molar-refractivity contribution in [2.24, 2.45) is 10.9 Å². The first-order valence-corrected chi connectivity index (χ1v) is 6.17. The van der Waals surface area contributed by atoms with Crippen molar-refractivity contribution in [3.8, 4) is 0 Å². The summed E-state index contributed by atoms with van der Waals surface area (Å²) in [4.78, 5) is 16.3. The van der Waals surface area contributed by atoms with E-state index in [0.717, 1.165) is 12.5 Å². The molecule has 1 aromatic rings. The Hall–Kier alpha value is -1.44. The van der Waals surface area contributed by atoms with E-state index < -0.39 is 0 Å². The van der Waals surface area contributed by atoms with Gasteiger partial charge in [0.25, 0.3) is 0 Å². The van der Waals surface area contributed by atoms with Gasteiger partial charge in [-0.05, 0) is 43.0 Å². The average Bonchev–Trinajstić information content (AvgIpc) is 2.30. The Labute approximate surface area is 102 Å². The maximum Gasteiger partial charge on any atom is 0.240 e. The molecule has 90 valence electrons. The summed E-state index contributed by atoms with van der Waals surface area (Å²) in [6, 6.07) is 7.82. The Morgan fingerprint density at radius 1 is 1.53 bits per heavy atom. The van der Waals surface area contributed by atoms with Crippen LogP contribution >= 0.6 is 0 Å². The molecule has 0 aromatic heterocycles. The van der Waals surface area contributed by atoms with Crippen LogP contribution in [0.5, 0.6) is 0 Å². The van der Waals surface area contributed by atoms with E-state index in [4.69, 9.17) is 0 Å². The molecule has 3 nitrogen and oxygen atoms in total. The summed E-state index contributed by atoms with van der Waals surface area (Å²) in [5.74, 6) is 0.792. The largest absolute Gasteiger partial charge is 0.299 e. The molecule has 1 saturated heterocycles. The van der Waals surface area contributed by atoms with Crippen molar-refractivity contribution in [2.45, 2.75) is 26.3 Å². The Balaban J connectivity index is 2.02. The Morgan fingerprint density at radius 3 is 3.18 bits per heavy atom. The SMILES string of the molecule is CC1CCCN(Cc2cccc(N=C=O)c2)C1. The molecule has 1 aliphatic heterocycles. The highest BCUT2D eigenvalue weighted by Gasteiger charge is 2.16. The molecule has 1 fully saturated rings. The van der Waals surface area contributed by atoms with Crippen molar-refractivity contribution in [1.29, 1.82) is 0 Å². The molecular weight excluding hydrogens is 212 g/mol. The van der Waals surface area contributed by atoms with Crippen LogP contribution in [0.3, 0.4) is 0 Å². The highest BCUT2D eigenvalue weighted by atomic mass is 16.1. The third-order valence-corrected chi connectivity index (χ3v) is 3.23. The molecule has 3 heteroatoms. The third kappa shape index (κ3) is 3.52. The van der Waals surface area contributed by atoms with E-state index >= 15 is 0 Å². The second kappa shape index (κ2) is 5.76. The van der Waals surface area contributed by atoms with E-state index in [1.165, 1.54) is 31.5 Å². The minimum absolute atomic E-state index is 0.697. The van der Waals surface area contributed by atoms with Crippen molar-refractivity contribution in [3.05, 3.63) is 29.8 Å². The van der Waals surface area contributed by atoms with E-state index in [1.807, 2.05) is 18.2 Å². The van der Waals surface area contributed by atoms with Gasteiger partial charge < -0.3 is 0 Å². The van der Waals surface area contributed by atoms with Gasteiger partial charge in [-0.25, -0.2) is 4.79 Å². The molecule has 1 atom stereocenters. The number of isocyanates is 1. The fourth-order valence-electron chi connectivity index (χ4n) is 2.47. The van der Waals surface area contributed by atoms with Crippen molar-refractivity contribution >= 4 is 11.8 Å². The molecule has 0 radical (unpaired) electrons. The van der Waals surface area contributed by atoms with Crippen LogP contribution in [-0.2, 0) is 11.3 Å². The van der Waals surface area contributed by atoms with Crippen molar-refractivity contribution in [1.82, 2.24) is 4.90 Å². The highest BCUT2D eigenvalue weighted by molar-refractivity contribution is 5.49. The molecule has 0 amide bonds. The van der Waals surface area contributed by atoms with Gasteiger partial charge in [0.15, 0.2) is 0 Å². The molecule has 1 aromatic carbocycles. The fraction of sp³-hybridized carbons (Fsp3) is 0.500. The van der Waals surface area contributed by atoms with E-state index in [9.17, 15) is 4.79 Å². The van der Waals surface area contributed by atoms with Crippen molar-refractivity contribution < 1.29 is 4.79 Å². The molecule has 1 unspecified atom stereocenters. The molecule has 17 heavy (non-hydrogen) atoms. The van der Waals surface area contributed by atoms with Gasteiger partial charge in [0.05, 0.1) is 5.69 Å². The summed E-state index contributed by atoms with van der Waals surface area (Å²) in [5, 5.41) is 0. The van der Waals surface area contributed by atoms with Crippen LogP contribution in [0.25, 0.3) is 0 Å². The highest BCUT2D eigenvalue weighted by Crippen LogP contribution is 2.19. The van der Waals surface area contributed by atoms with E-state index in [0.29, 0.717) is 5.69 Å². The smallest absolute Gasteiger partial charge is 0.240 e. The zero-order chi connectivity index (χ0) is 12.1. The summed E-state index contributed by atoms with van der Waals surface area (Å²) < 4.78 is 0. The van der Waals surface area contributed by atoms with Crippen LogP contribution < -0.4 is 0 Å². The molecule has 0 aliphatic carbocycles. The lowest BCUT2D eigenvalue weighted by Gasteiger charge is -2.30. The van der Waals surface area contributed by atoms with Crippen LogP contribution in [0.4, 0.5) is 5.69 Å². The van der Waals surface area contributed by atoms with Gasteiger partial charge in [-0.15, -0.1) is 0 Å². The Morgan fingerprint density at radius 2 is 2.41 bits per heavy atom. The Bertz CT molecular complexity index is 424. The second-order valence-corrected chi connectivity index (χ2v) is 4.86. The second-order valence-electron chi connectivity index (χ2n) is 4.86. The number of carbonyl (C=O) groups excluding carboxylic acids is 1. The number of hydrogen-bond acceptors (Lipinski definition) is 3. The normalized spacial score (nSPS) is 20.9. The number of rotatable bonds is 3. The lowest BCUT2D eigenvalue weighted by Crippen LogP contribution is -2.33. The van der Waals surface area contributed by atoms with Gasteiger partial charge in [0.1, 0.15) is 0 Å². The molecule has 0 saturated carbocycles. The first kappa shape index (κ1) is 12.0. The van der Waals surface area contributed by atoms with Gasteiger partial charge in [-0.2, -0.15) is 4.99 Å². The van der Waals surface area contributed by atoms with Crippen LogP contribution in [0, 0.1) is 5.92 Å². The minimum atomic E-state index is 0.697. The zero-order valence-corrected chi connectivity index (χ0v) is 10.2. The third-order valence-electron chi connectivity index (χ3n) is 3.23. The Kier molecular flexibility index (Phi) is 4.08.